The number of carbonyl (C=O) groups excluding carboxylic acids is 1. The minimum atomic E-state index is -0.210. The Kier molecular flexibility index (Phi) is 5.87. The number of nitrogens with zero attached hydrogens (tertiary/aromatic N) is 3. The standard InChI is InChI=1S/C18H25N5O/c1-12-8-13(2)17(14(3)9-12)22-16-11-20-15(10-21-16)18(24)19-6-7-23(4)5/h8-11H,6-7H2,1-5H3,(H,19,24)(H,21,22). The van der Waals surface area contributed by atoms with Crippen molar-refractivity contribution in [1.29, 1.82) is 0 Å². The second-order valence-electron chi connectivity index (χ2n) is 6.24. The number of amides is 1. The lowest BCUT2D eigenvalue weighted by Gasteiger charge is -2.13. The topological polar surface area (TPSA) is 70.2 Å². The summed E-state index contributed by atoms with van der Waals surface area (Å²) in [5.41, 5.74) is 4.88. The first kappa shape index (κ1) is 17.9. The van der Waals surface area contributed by atoms with Crippen LogP contribution in [-0.2, 0) is 0 Å². The van der Waals surface area contributed by atoms with Crippen LogP contribution in [0.2, 0.25) is 0 Å². The third-order valence-electron chi connectivity index (χ3n) is 3.66. The molecule has 0 atom stereocenters. The Bertz CT molecular complexity index is 687. The maximum Gasteiger partial charge on any atom is 0.271 e. The molecule has 1 aromatic heterocycles. The predicted octanol–water partition coefficient (Wildman–Crippen LogP) is 2.44. The van der Waals surface area contributed by atoms with Crippen molar-refractivity contribution < 1.29 is 4.79 Å². The number of hydrogen-bond donors (Lipinski definition) is 2. The van der Waals surface area contributed by atoms with Crippen molar-refractivity contribution in [3.8, 4) is 0 Å². The quantitative estimate of drug-likeness (QED) is 0.853. The van der Waals surface area contributed by atoms with Gasteiger partial charge in [0.1, 0.15) is 11.5 Å². The molecule has 6 nitrogen and oxygen atoms in total. The highest BCUT2D eigenvalue weighted by atomic mass is 16.1. The van der Waals surface area contributed by atoms with Gasteiger partial charge in [0, 0.05) is 18.8 Å². The van der Waals surface area contributed by atoms with E-state index in [1.165, 1.54) is 11.8 Å². The molecule has 0 radical (unpaired) electrons. The Labute approximate surface area is 143 Å². The molecule has 0 unspecified atom stereocenters. The van der Waals surface area contributed by atoms with Gasteiger partial charge in [0.15, 0.2) is 0 Å². The van der Waals surface area contributed by atoms with Gasteiger partial charge in [-0.05, 0) is 46.0 Å². The number of anilines is 2. The Balaban J connectivity index is 2.03. The molecule has 0 spiro atoms. The van der Waals surface area contributed by atoms with Gasteiger partial charge < -0.3 is 15.5 Å². The van der Waals surface area contributed by atoms with Gasteiger partial charge in [-0.2, -0.15) is 0 Å². The third kappa shape index (κ3) is 4.76. The van der Waals surface area contributed by atoms with Gasteiger partial charge in [-0.25, -0.2) is 9.97 Å². The van der Waals surface area contributed by atoms with Crippen LogP contribution in [0, 0.1) is 20.8 Å². The molecule has 1 aromatic carbocycles. The molecule has 24 heavy (non-hydrogen) atoms. The van der Waals surface area contributed by atoms with E-state index in [1.54, 1.807) is 6.20 Å². The summed E-state index contributed by atoms with van der Waals surface area (Å²) in [4.78, 5) is 22.5. The monoisotopic (exact) mass is 327 g/mol. The van der Waals surface area contributed by atoms with Crippen LogP contribution in [0.3, 0.4) is 0 Å². The van der Waals surface area contributed by atoms with E-state index in [-0.39, 0.29) is 5.91 Å². The van der Waals surface area contributed by atoms with E-state index in [4.69, 9.17) is 0 Å². The van der Waals surface area contributed by atoms with E-state index >= 15 is 0 Å². The summed E-state index contributed by atoms with van der Waals surface area (Å²) < 4.78 is 0. The first-order valence-corrected chi connectivity index (χ1v) is 7.96. The molecule has 0 bridgehead atoms. The second-order valence-corrected chi connectivity index (χ2v) is 6.24. The van der Waals surface area contributed by atoms with Crippen molar-refractivity contribution in [1.82, 2.24) is 20.2 Å². The number of aryl methyl sites for hydroxylation is 3. The molecule has 2 aromatic rings. The predicted molar refractivity (Wildman–Crippen MR) is 96.9 cm³/mol. The average molecular weight is 327 g/mol. The zero-order chi connectivity index (χ0) is 17.7. The molecule has 0 aliphatic carbocycles. The Morgan fingerprint density at radius 3 is 2.29 bits per heavy atom. The summed E-state index contributed by atoms with van der Waals surface area (Å²) in [6.07, 6.45) is 3.08. The van der Waals surface area contributed by atoms with Crippen molar-refractivity contribution >= 4 is 17.4 Å². The Hall–Kier alpha value is -2.47. The maximum atomic E-state index is 12.0. The first-order valence-electron chi connectivity index (χ1n) is 7.96. The highest BCUT2D eigenvalue weighted by molar-refractivity contribution is 5.92. The van der Waals surface area contributed by atoms with Gasteiger partial charge in [0.05, 0.1) is 12.4 Å². The largest absolute Gasteiger partial charge is 0.349 e. The third-order valence-corrected chi connectivity index (χ3v) is 3.66. The molecule has 0 aliphatic heterocycles. The molecule has 0 saturated carbocycles. The van der Waals surface area contributed by atoms with Crippen molar-refractivity contribution in [3.05, 3.63) is 46.9 Å². The van der Waals surface area contributed by atoms with Gasteiger partial charge in [-0.1, -0.05) is 17.7 Å². The summed E-state index contributed by atoms with van der Waals surface area (Å²) in [6, 6.07) is 4.24. The maximum absolute atomic E-state index is 12.0. The van der Waals surface area contributed by atoms with Crippen LogP contribution in [0.5, 0.6) is 0 Å². The minimum Gasteiger partial charge on any atom is -0.349 e. The smallest absolute Gasteiger partial charge is 0.271 e. The van der Waals surface area contributed by atoms with Crippen molar-refractivity contribution in [2.75, 3.05) is 32.5 Å². The number of aromatic nitrogens is 2. The normalized spacial score (nSPS) is 10.8. The van der Waals surface area contributed by atoms with E-state index in [2.05, 4.69) is 53.5 Å². The van der Waals surface area contributed by atoms with Gasteiger partial charge in [0.25, 0.3) is 5.91 Å². The fourth-order valence-corrected chi connectivity index (χ4v) is 2.50. The summed E-state index contributed by atoms with van der Waals surface area (Å²) >= 11 is 0. The van der Waals surface area contributed by atoms with Gasteiger partial charge in [-0.15, -0.1) is 0 Å². The van der Waals surface area contributed by atoms with E-state index in [0.717, 1.165) is 23.4 Å². The lowest BCUT2D eigenvalue weighted by Crippen LogP contribution is -2.31. The highest BCUT2D eigenvalue weighted by Crippen LogP contribution is 2.24. The summed E-state index contributed by atoms with van der Waals surface area (Å²) in [5, 5.41) is 6.10. The average Bonchev–Trinajstić information content (AvgIpc) is 2.51. The molecule has 2 N–H and O–H groups in total. The summed E-state index contributed by atoms with van der Waals surface area (Å²) in [6.45, 7) is 7.55. The van der Waals surface area contributed by atoms with Crippen molar-refractivity contribution in [2.45, 2.75) is 20.8 Å². The zero-order valence-electron chi connectivity index (χ0n) is 15.0. The highest BCUT2D eigenvalue weighted by Gasteiger charge is 2.09. The van der Waals surface area contributed by atoms with E-state index in [9.17, 15) is 4.79 Å². The van der Waals surface area contributed by atoms with Crippen molar-refractivity contribution in [3.63, 3.8) is 0 Å². The van der Waals surface area contributed by atoms with Crippen LogP contribution in [-0.4, -0.2) is 48.0 Å². The molecular formula is C18H25N5O. The van der Waals surface area contributed by atoms with E-state index in [1.807, 2.05) is 19.0 Å². The molecule has 1 amide bonds. The molecule has 0 saturated heterocycles. The van der Waals surface area contributed by atoms with E-state index < -0.39 is 0 Å². The lowest BCUT2D eigenvalue weighted by molar-refractivity contribution is 0.0945. The Morgan fingerprint density at radius 2 is 1.75 bits per heavy atom. The van der Waals surface area contributed by atoms with Crippen LogP contribution in [0.15, 0.2) is 24.5 Å². The number of likely N-dealkylation sites (N-methyl/N-ethyl adjacent to an activating group) is 1. The molecule has 0 fully saturated rings. The first-order chi connectivity index (χ1) is 11.4. The number of benzene rings is 1. The van der Waals surface area contributed by atoms with Crippen LogP contribution >= 0.6 is 0 Å². The summed E-state index contributed by atoms with van der Waals surface area (Å²) in [7, 11) is 3.92. The van der Waals surface area contributed by atoms with Crippen molar-refractivity contribution in [2.24, 2.45) is 0 Å². The second kappa shape index (κ2) is 7.88. The number of rotatable bonds is 6. The number of carbonyl (C=O) groups is 1. The van der Waals surface area contributed by atoms with Gasteiger partial charge >= 0.3 is 0 Å². The molecule has 1 heterocycles. The molecule has 2 rings (SSSR count). The van der Waals surface area contributed by atoms with E-state index in [0.29, 0.717) is 18.1 Å². The Morgan fingerprint density at radius 1 is 1.08 bits per heavy atom. The van der Waals surface area contributed by atoms with Crippen LogP contribution in [0.4, 0.5) is 11.5 Å². The van der Waals surface area contributed by atoms with Crippen LogP contribution in [0.25, 0.3) is 0 Å². The molecule has 128 valence electrons. The minimum absolute atomic E-state index is 0.210. The summed E-state index contributed by atoms with van der Waals surface area (Å²) in [5.74, 6) is 0.411. The molecule has 0 aliphatic rings. The number of nitrogens with one attached hydrogen (secondary N) is 2. The van der Waals surface area contributed by atoms with Gasteiger partial charge in [-0.3, -0.25) is 4.79 Å². The SMILES string of the molecule is Cc1cc(C)c(Nc2cnc(C(=O)NCCN(C)C)cn2)c(C)c1. The van der Waals surface area contributed by atoms with Crippen LogP contribution < -0.4 is 10.6 Å². The van der Waals surface area contributed by atoms with Crippen LogP contribution in [0.1, 0.15) is 27.2 Å². The fourth-order valence-electron chi connectivity index (χ4n) is 2.50. The zero-order valence-corrected chi connectivity index (χ0v) is 15.0. The lowest BCUT2D eigenvalue weighted by atomic mass is 10.1. The molecular weight excluding hydrogens is 302 g/mol. The molecule has 6 heteroatoms. The van der Waals surface area contributed by atoms with Gasteiger partial charge in [0.2, 0.25) is 0 Å². The number of hydrogen-bond acceptors (Lipinski definition) is 5. The fraction of sp³-hybridized carbons (Fsp3) is 0.389.